The van der Waals surface area contributed by atoms with Gasteiger partial charge in [-0.3, -0.25) is 5.32 Å². The Hall–Kier alpha value is -1.65. The number of hydrogen-bond acceptors (Lipinski definition) is 4. The Bertz CT molecular complexity index is 652. The highest BCUT2D eigenvalue weighted by atomic mass is 16.5. The molecule has 1 aromatic rings. The topological polar surface area (TPSA) is 42.8 Å². The van der Waals surface area contributed by atoms with E-state index < -0.39 is 0 Å². The van der Waals surface area contributed by atoms with Gasteiger partial charge in [0.2, 0.25) is 5.90 Å². The number of methoxy groups -OCH3 is 2. The quantitative estimate of drug-likeness (QED) is 0.669. The molecule has 4 heteroatoms. The lowest BCUT2D eigenvalue weighted by atomic mass is 9.93. The Balaban J connectivity index is 2.26. The summed E-state index contributed by atoms with van der Waals surface area (Å²) in [5.74, 6) is 1.15. The van der Waals surface area contributed by atoms with E-state index in [1.807, 2.05) is 0 Å². The average molecular weight is 373 g/mol. The predicted octanol–water partition coefficient (Wildman–Crippen LogP) is 4.75. The van der Waals surface area contributed by atoms with Crippen molar-refractivity contribution in [3.8, 4) is 0 Å². The zero-order chi connectivity index (χ0) is 19.8. The summed E-state index contributed by atoms with van der Waals surface area (Å²) in [7, 11) is 3.45. The van der Waals surface area contributed by atoms with Gasteiger partial charge in [0, 0.05) is 7.11 Å². The molecule has 0 aliphatic carbocycles. The fraction of sp³-hybridized carbons (Fsp3) is 0.609. The van der Waals surface area contributed by atoms with Gasteiger partial charge >= 0.3 is 0 Å². The molecule has 0 fully saturated rings. The Morgan fingerprint density at radius 2 is 2.04 bits per heavy atom. The minimum absolute atomic E-state index is 0.0135. The van der Waals surface area contributed by atoms with E-state index in [0.29, 0.717) is 5.92 Å². The van der Waals surface area contributed by atoms with E-state index in [9.17, 15) is 0 Å². The molecule has 0 radical (unpaired) electrons. The molecule has 1 aromatic carbocycles. The number of hydrogen-bond donors (Lipinski definition) is 1. The summed E-state index contributed by atoms with van der Waals surface area (Å²) >= 11 is 0. The van der Waals surface area contributed by atoms with Gasteiger partial charge in [-0.1, -0.05) is 64.0 Å². The Morgan fingerprint density at radius 3 is 2.67 bits per heavy atom. The summed E-state index contributed by atoms with van der Waals surface area (Å²) in [5, 5.41) is 3.61. The molecule has 1 aliphatic rings. The number of nitrogens with zero attached hydrogens (tertiary/aromatic N) is 1. The first-order valence-electron chi connectivity index (χ1n) is 10.2. The standard InChI is InChI=1S/C23H36N2O2/c1-7-8-9-10-14-19-17(4)12-11-13-18(19)15-20-22(26-5)25-21(16(2)3)23(24-20)27-6/h10-14,16,20-21,23-24H,7-9,15H2,1-6H3/b14-10-. The molecule has 1 heterocycles. The first kappa shape index (κ1) is 21.6. The van der Waals surface area contributed by atoms with Crippen LogP contribution < -0.4 is 5.32 Å². The summed E-state index contributed by atoms with van der Waals surface area (Å²) in [6.45, 7) is 8.73. The molecule has 0 aromatic heterocycles. The highest BCUT2D eigenvalue weighted by Crippen LogP contribution is 2.23. The third-order valence-corrected chi connectivity index (χ3v) is 5.24. The van der Waals surface area contributed by atoms with E-state index in [4.69, 9.17) is 14.5 Å². The molecule has 0 saturated heterocycles. The minimum atomic E-state index is -0.0951. The highest BCUT2D eigenvalue weighted by molar-refractivity contribution is 5.83. The van der Waals surface area contributed by atoms with Crippen LogP contribution in [-0.2, 0) is 15.9 Å². The third kappa shape index (κ3) is 5.66. The van der Waals surface area contributed by atoms with Crippen LogP contribution in [0.25, 0.3) is 6.08 Å². The van der Waals surface area contributed by atoms with Crippen LogP contribution in [0.15, 0.2) is 29.3 Å². The van der Waals surface area contributed by atoms with Crippen LogP contribution >= 0.6 is 0 Å². The second kappa shape index (κ2) is 10.6. The number of rotatable bonds is 8. The van der Waals surface area contributed by atoms with Crippen molar-refractivity contribution in [2.75, 3.05) is 14.2 Å². The summed E-state index contributed by atoms with van der Waals surface area (Å²) < 4.78 is 11.3. The van der Waals surface area contributed by atoms with Crippen LogP contribution in [0, 0.1) is 12.8 Å². The van der Waals surface area contributed by atoms with Crippen LogP contribution in [0.5, 0.6) is 0 Å². The monoisotopic (exact) mass is 372 g/mol. The molecule has 1 aliphatic heterocycles. The van der Waals surface area contributed by atoms with Gasteiger partial charge in [0.15, 0.2) is 0 Å². The first-order valence-corrected chi connectivity index (χ1v) is 10.2. The van der Waals surface area contributed by atoms with Crippen molar-refractivity contribution in [1.82, 2.24) is 5.32 Å². The van der Waals surface area contributed by atoms with E-state index in [2.05, 4.69) is 63.4 Å². The van der Waals surface area contributed by atoms with Crippen molar-refractivity contribution >= 4 is 12.0 Å². The molecule has 2 rings (SSSR count). The van der Waals surface area contributed by atoms with E-state index >= 15 is 0 Å². The average Bonchev–Trinajstić information content (AvgIpc) is 2.66. The number of allylic oxidation sites excluding steroid dienone is 1. The van der Waals surface area contributed by atoms with Crippen molar-refractivity contribution < 1.29 is 9.47 Å². The fourth-order valence-corrected chi connectivity index (χ4v) is 3.62. The highest BCUT2D eigenvalue weighted by Gasteiger charge is 2.34. The first-order chi connectivity index (χ1) is 13.0. The molecule has 0 bridgehead atoms. The van der Waals surface area contributed by atoms with E-state index in [-0.39, 0.29) is 18.3 Å². The number of nitrogens with one attached hydrogen (secondary N) is 1. The Morgan fingerprint density at radius 1 is 1.26 bits per heavy atom. The van der Waals surface area contributed by atoms with Crippen molar-refractivity contribution in [2.24, 2.45) is 10.9 Å². The normalized spacial score (nSPS) is 23.1. The number of benzene rings is 1. The second-order valence-electron chi connectivity index (χ2n) is 7.68. The molecule has 3 atom stereocenters. The second-order valence-corrected chi connectivity index (χ2v) is 7.68. The van der Waals surface area contributed by atoms with Crippen molar-refractivity contribution in [3.05, 3.63) is 41.0 Å². The molecular weight excluding hydrogens is 336 g/mol. The predicted molar refractivity (Wildman–Crippen MR) is 114 cm³/mol. The zero-order valence-corrected chi connectivity index (χ0v) is 17.8. The molecule has 0 saturated carbocycles. The lowest BCUT2D eigenvalue weighted by Gasteiger charge is -2.36. The van der Waals surface area contributed by atoms with Gasteiger partial charge in [0.25, 0.3) is 0 Å². The van der Waals surface area contributed by atoms with Crippen LogP contribution in [0.2, 0.25) is 0 Å². The third-order valence-electron chi connectivity index (χ3n) is 5.24. The van der Waals surface area contributed by atoms with Gasteiger partial charge in [-0.15, -0.1) is 0 Å². The molecule has 0 spiro atoms. The van der Waals surface area contributed by atoms with Crippen LogP contribution in [-0.4, -0.2) is 38.4 Å². The zero-order valence-electron chi connectivity index (χ0n) is 17.8. The van der Waals surface area contributed by atoms with Gasteiger partial charge in [-0.05, 0) is 42.4 Å². The van der Waals surface area contributed by atoms with Crippen LogP contribution in [0.1, 0.15) is 56.7 Å². The molecule has 1 N–H and O–H groups in total. The van der Waals surface area contributed by atoms with Crippen LogP contribution in [0.3, 0.4) is 0 Å². The molecule has 150 valence electrons. The summed E-state index contributed by atoms with van der Waals surface area (Å²) in [5.41, 5.74) is 3.92. The lowest BCUT2D eigenvalue weighted by Crippen LogP contribution is -2.56. The Kier molecular flexibility index (Phi) is 8.52. The fourth-order valence-electron chi connectivity index (χ4n) is 3.62. The Labute approximate surface area is 165 Å². The molecule has 0 amide bonds. The maximum absolute atomic E-state index is 5.68. The number of ether oxygens (including phenoxy) is 2. The maximum Gasteiger partial charge on any atom is 0.201 e. The van der Waals surface area contributed by atoms with E-state index in [1.165, 1.54) is 29.5 Å². The number of unbranched alkanes of at least 4 members (excludes halogenated alkanes) is 2. The SMILES string of the molecule is CCCC/C=C\c1c(C)cccc1CC1NC(OC)C(C(C)C)N=C1OC. The maximum atomic E-state index is 5.68. The summed E-state index contributed by atoms with van der Waals surface area (Å²) in [4.78, 5) is 4.86. The lowest BCUT2D eigenvalue weighted by molar-refractivity contribution is 0.0269. The molecule has 4 nitrogen and oxygen atoms in total. The van der Waals surface area contributed by atoms with Gasteiger partial charge in [0.1, 0.15) is 6.23 Å². The van der Waals surface area contributed by atoms with Crippen molar-refractivity contribution in [2.45, 2.75) is 71.7 Å². The van der Waals surface area contributed by atoms with Crippen molar-refractivity contribution in [1.29, 1.82) is 0 Å². The smallest absolute Gasteiger partial charge is 0.201 e. The van der Waals surface area contributed by atoms with Gasteiger partial charge in [0.05, 0.1) is 19.2 Å². The minimum Gasteiger partial charge on any atom is -0.483 e. The number of aliphatic imine (C=N–C) groups is 1. The molecular formula is C23H36N2O2. The van der Waals surface area contributed by atoms with Gasteiger partial charge < -0.3 is 9.47 Å². The van der Waals surface area contributed by atoms with Gasteiger partial charge in [-0.25, -0.2) is 4.99 Å². The summed E-state index contributed by atoms with van der Waals surface area (Å²) in [6.07, 6.45) is 8.88. The van der Waals surface area contributed by atoms with E-state index in [1.54, 1.807) is 14.2 Å². The van der Waals surface area contributed by atoms with E-state index in [0.717, 1.165) is 18.7 Å². The summed E-state index contributed by atoms with van der Waals surface area (Å²) in [6, 6.07) is 6.59. The number of aryl methyl sites for hydroxylation is 1. The molecule has 3 unspecified atom stereocenters. The van der Waals surface area contributed by atoms with Crippen LogP contribution in [0.4, 0.5) is 0 Å². The molecule has 27 heavy (non-hydrogen) atoms. The van der Waals surface area contributed by atoms with Gasteiger partial charge in [-0.2, -0.15) is 0 Å². The largest absolute Gasteiger partial charge is 0.483 e. The van der Waals surface area contributed by atoms with Crippen molar-refractivity contribution in [3.63, 3.8) is 0 Å².